The molecule has 0 radical (unpaired) electrons. The zero-order valence-corrected chi connectivity index (χ0v) is 34.5. The Morgan fingerprint density at radius 1 is 0.500 bits per heavy atom. The molecular weight excluding hydrogens is 655 g/mol. The molecule has 4 aliphatic heterocycles. The van der Waals surface area contributed by atoms with Crippen LogP contribution in [0.25, 0.3) is 11.0 Å². The van der Waals surface area contributed by atoms with Crippen molar-refractivity contribution in [1.29, 1.82) is 0 Å². The van der Waals surface area contributed by atoms with Crippen molar-refractivity contribution in [1.82, 2.24) is 0 Å². The minimum Gasteiger partial charge on any atom is -0.468 e. The Morgan fingerprint density at radius 3 is 1.54 bits per heavy atom. The van der Waals surface area contributed by atoms with Crippen LogP contribution < -0.4 is 26.4 Å². The lowest BCUT2D eigenvalue weighted by molar-refractivity contribution is 0.575. The second-order valence-corrected chi connectivity index (χ2v) is 20.7. The van der Waals surface area contributed by atoms with E-state index in [1.807, 2.05) is 0 Å². The third-order valence-electron chi connectivity index (χ3n) is 13.5. The standard InChI is InChI=1S/C50H53BN2O/c1-46(2,3)28-18-21-37-32(24-28)49(10,11)34-27-35-44-41-43(34)52(37)39-23-20-30(48(7,8)9)26-36(39)51(41)45-42(31-16-14-15-17-40(31)54-45)53(44)38-22-19-29(47(4,5)6)25-33(38)50(35,12)13/h14-27H,1-13H3. The maximum absolute atomic E-state index is 7.20. The molecule has 0 saturated carbocycles. The van der Waals surface area contributed by atoms with Gasteiger partial charge in [0, 0.05) is 33.3 Å². The Hall–Kier alpha value is -4.70. The Bertz CT molecular complexity index is 2630. The predicted molar refractivity (Wildman–Crippen MR) is 231 cm³/mol. The first kappa shape index (κ1) is 33.8. The largest absolute Gasteiger partial charge is 0.468 e. The van der Waals surface area contributed by atoms with Crippen molar-refractivity contribution in [2.24, 2.45) is 0 Å². The first-order valence-electron chi connectivity index (χ1n) is 20.0. The van der Waals surface area contributed by atoms with Crippen molar-refractivity contribution < 1.29 is 4.42 Å². The molecule has 4 aliphatic rings. The maximum atomic E-state index is 7.20. The quantitative estimate of drug-likeness (QED) is 0.146. The van der Waals surface area contributed by atoms with E-state index in [0.29, 0.717) is 0 Å². The maximum Gasteiger partial charge on any atom is 0.297 e. The third kappa shape index (κ3) is 4.21. The summed E-state index contributed by atoms with van der Waals surface area (Å²) in [6.07, 6.45) is 0. The van der Waals surface area contributed by atoms with Crippen LogP contribution in [0.2, 0.25) is 0 Å². The molecule has 3 nitrogen and oxygen atoms in total. The predicted octanol–water partition coefficient (Wildman–Crippen LogP) is 11.7. The Morgan fingerprint density at radius 2 is 0.981 bits per heavy atom. The van der Waals surface area contributed by atoms with Gasteiger partial charge in [0.15, 0.2) is 0 Å². The Kier molecular flexibility index (Phi) is 6.35. The van der Waals surface area contributed by atoms with E-state index in [1.54, 1.807) is 0 Å². The van der Waals surface area contributed by atoms with Crippen molar-refractivity contribution >= 4 is 68.4 Å². The monoisotopic (exact) mass is 708 g/mol. The number of benzene rings is 5. The molecule has 0 aliphatic carbocycles. The van der Waals surface area contributed by atoms with Crippen LogP contribution in [-0.2, 0) is 27.1 Å². The highest BCUT2D eigenvalue weighted by Crippen LogP contribution is 2.61. The lowest BCUT2D eigenvalue weighted by Gasteiger charge is -2.53. The molecule has 54 heavy (non-hydrogen) atoms. The van der Waals surface area contributed by atoms with Gasteiger partial charge in [-0.2, -0.15) is 0 Å². The van der Waals surface area contributed by atoms with Crippen LogP contribution in [-0.4, -0.2) is 6.71 Å². The molecule has 0 unspecified atom stereocenters. The van der Waals surface area contributed by atoms with Crippen molar-refractivity contribution in [3.8, 4) is 0 Å². The van der Waals surface area contributed by atoms with Crippen LogP contribution in [0.5, 0.6) is 0 Å². The van der Waals surface area contributed by atoms with Crippen LogP contribution >= 0.6 is 0 Å². The second kappa shape index (κ2) is 10.1. The molecule has 272 valence electrons. The smallest absolute Gasteiger partial charge is 0.297 e. The van der Waals surface area contributed by atoms with Gasteiger partial charge in [-0.1, -0.05) is 139 Å². The molecule has 0 bridgehead atoms. The fraction of sp³-hybridized carbons (Fsp3) is 0.360. The van der Waals surface area contributed by atoms with Crippen LogP contribution in [0.4, 0.5) is 34.1 Å². The SMILES string of the molecule is CC(C)(C)c1ccc2c(c1)B1c3oc4ccccc4c3N3c4ccc(C(C)(C)C)cc4C(C)(C)c4cc5c(c1c43)N2c1ccc(C(C)(C)C)cc1C5(C)C. The average Bonchev–Trinajstić information content (AvgIpc) is 3.48. The number of rotatable bonds is 0. The number of anilines is 6. The number of fused-ring (bicyclic) bond motifs is 12. The number of nitrogens with zero attached hydrogens (tertiary/aromatic N) is 2. The zero-order valence-electron chi connectivity index (χ0n) is 34.5. The lowest BCUT2D eigenvalue weighted by Crippen LogP contribution is -2.63. The minimum absolute atomic E-state index is 0.0108. The van der Waals surface area contributed by atoms with Crippen molar-refractivity contribution in [3.63, 3.8) is 0 Å². The summed E-state index contributed by atoms with van der Waals surface area (Å²) in [5, 5.41) is 1.17. The van der Waals surface area contributed by atoms with Gasteiger partial charge in [0.25, 0.3) is 6.71 Å². The van der Waals surface area contributed by atoms with Crippen LogP contribution in [0, 0.1) is 0 Å². The van der Waals surface area contributed by atoms with Gasteiger partial charge in [0.2, 0.25) is 0 Å². The van der Waals surface area contributed by atoms with Gasteiger partial charge in [-0.25, -0.2) is 0 Å². The first-order chi connectivity index (χ1) is 25.2. The van der Waals surface area contributed by atoms with Crippen LogP contribution in [0.15, 0.2) is 89.3 Å². The highest BCUT2D eigenvalue weighted by molar-refractivity contribution is 7.00. The molecular formula is C50H53BN2O. The summed E-state index contributed by atoms with van der Waals surface area (Å²) in [7, 11) is 0. The summed E-state index contributed by atoms with van der Waals surface area (Å²) in [5.74, 6) is 0. The topological polar surface area (TPSA) is 19.6 Å². The first-order valence-corrected chi connectivity index (χ1v) is 20.0. The fourth-order valence-electron chi connectivity index (χ4n) is 10.2. The van der Waals surface area contributed by atoms with E-state index in [-0.39, 0.29) is 33.8 Å². The highest BCUT2D eigenvalue weighted by atomic mass is 16.3. The van der Waals surface area contributed by atoms with Crippen LogP contribution in [0.3, 0.4) is 0 Å². The second-order valence-electron chi connectivity index (χ2n) is 20.7. The van der Waals surface area contributed by atoms with Crippen LogP contribution in [0.1, 0.15) is 129 Å². The summed E-state index contributed by atoms with van der Waals surface area (Å²) in [6, 6.07) is 33.2. The third-order valence-corrected chi connectivity index (χ3v) is 13.5. The number of furan rings is 1. The summed E-state index contributed by atoms with van der Waals surface area (Å²) in [5.41, 5.74) is 21.5. The molecule has 0 fully saturated rings. The van der Waals surface area contributed by atoms with E-state index in [2.05, 4.69) is 185 Å². The van der Waals surface area contributed by atoms with Gasteiger partial charge in [-0.3, -0.25) is 0 Å². The molecule has 4 heteroatoms. The van der Waals surface area contributed by atoms with E-state index in [0.717, 1.165) is 11.2 Å². The Balaban J connectivity index is 1.40. The summed E-state index contributed by atoms with van der Waals surface area (Å²) in [4.78, 5) is 5.24. The van der Waals surface area contributed by atoms with Gasteiger partial charge in [0.1, 0.15) is 5.58 Å². The molecule has 0 N–H and O–H groups in total. The molecule has 0 spiro atoms. The van der Waals surface area contributed by atoms with Gasteiger partial charge >= 0.3 is 0 Å². The molecule has 5 heterocycles. The highest BCUT2D eigenvalue weighted by Gasteiger charge is 2.55. The van der Waals surface area contributed by atoms with Gasteiger partial charge < -0.3 is 14.2 Å². The number of hydrogen-bond acceptors (Lipinski definition) is 3. The van der Waals surface area contributed by atoms with E-state index in [1.165, 1.54) is 89.4 Å². The average molecular weight is 709 g/mol. The normalized spacial score (nSPS) is 17.2. The minimum atomic E-state index is -0.252. The Labute approximate surface area is 322 Å². The van der Waals surface area contributed by atoms with Crippen molar-refractivity contribution in [3.05, 3.63) is 124 Å². The van der Waals surface area contributed by atoms with Gasteiger partial charge in [-0.15, -0.1) is 0 Å². The molecule has 0 atom stereocenters. The van der Waals surface area contributed by atoms with Crippen molar-refractivity contribution in [2.45, 2.75) is 117 Å². The number of hydrogen-bond donors (Lipinski definition) is 0. The van der Waals surface area contributed by atoms with Crippen molar-refractivity contribution in [2.75, 3.05) is 9.80 Å². The summed E-state index contributed by atoms with van der Waals surface area (Å²) < 4.78 is 7.20. The molecule has 5 aromatic carbocycles. The molecule has 0 amide bonds. The van der Waals surface area contributed by atoms with E-state index in [4.69, 9.17) is 4.42 Å². The molecule has 0 saturated heterocycles. The summed E-state index contributed by atoms with van der Waals surface area (Å²) in [6.45, 7) is 30.8. The number of para-hydroxylation sites is 1. The van der Waals surface area contributed by atoms with E-state index < -0.39 is 0 Å². The zero-order chi connectivity index (χ0) is 38.2. The van der Waals surface area contributed by atoms with E-state index in [9.17, 15) is 0 Å². The van der Waals surface area contributed by atoms with Gasteiger partial charge in [0.05, 0.1) is 22.7 Å². The molecule has 6 aromatic rings. The summed E-state index contributed by atoms with van der Waals surface area (Å²) >= 11 is 0. The fourth-order valence-corrected chi connectivity index (χ4v) is 10.2. The molecule has 10 rings (SSSR count). The lowest BCUT2D eigenvalue weighted by atomic mass is 9.34. The molecule has 1 aromatic heterocycles. The van der Waals surface area contributed by atoms with E-state index >= 15 is 0 Å². The van der Waals surface area contributed by atoms with Gasteiger partial charge in [-0.05, 0) is 103 Å².